The molecule has 0 saturated carbocycles. The van der Waals surface area contributed by atoms with Crippen LogP contribution >= 0.6 is 0 Å². The van der Waals surface area contributed by atoms with Gasteiger partial charge in [0, 0.05) is 6.54 Å². The molecular weight excluding hydrogens is 306 g/mol. The normalized spacial score (nSPS) is 12.9. The maximum Gasteiger partial charge on any atom is 0.387 e. The third kappa shape index (κ3) is 6.81. The van der Waals surface area contributed by atoms with Gasteiger partial charge in [0.2, 0.25) is 0 Å². The molecule has 1 aromatic rings. The summed E-state index contributed by atoms with van der Waals surface area (Å²) < 4.78 is 28.9. The zero-order valence-corrected chi connectivity index (χ0v) is 13.8. The van der Waals surface area contributed by atoms with E-state index in [9.17, 15) is 18.7 Å². The first-order chi connectivity index (χ1) is 10.6. The fourth-order valence-corrected chi connectivity index (χ4v) is 2.11. The van der Waals surface area contributed by atoms with Gasteiger partial charge in [-0.3, -0.25) is 0 Å². The van der Waals surface area contributed by atoms with Gasteiger partial charge in [-0.2, -0.15) is 8.78 Å². The third-order valence-electron chi connectivity index (χ3n) is 3.17. The van der Waals surface area contributed by atoms with Crippen LogP contribution in [0.15, 0.2) is 24.3 Å². The van der Waals surface area contributed by atoms with E-state index in [2.05, 4.69) is 10.1 Å². The van der Waals surface area contributed by atoms with E-state index in [4.69, 9.17) is 0 Å². The molecule has 0 aliphatic rings. The number of carbonyl (C=O) groups is 1. The number of amides is 2. The van der Waals surface area contributed by atoms with Gasteiger partial charge in [0.1, 0.15) is 5.75 Å². The van der Waals surface area contributed by atoms with Crippen molar-refractivity contribution in [3.8, 4) is 5.75 Å². The number of hydrogen-bond acceptors (Lipinski definition) is 3. The van der Waals surface area contributed by atoms with E-state index in [1.54, 1.807) is 32.9 Å². The monoisotopic (exact) mass is 330 g/mol. The Labute approximate surface area is 135 Å². The summed E-state index contributed by atoms with van der Waals surface area (Å²) in [5.74, 6) is 0.0439. The fraction of sp³-hybridized carbons (Fsp3) is 0.562. The maximum atomic E-state index is 12.3. The van der Waals surface area contributed by atoms with Crippen molar-refractivity contribution in [2.24, 2.45) is 0 Å². The number of ether oxygens (including phenoxy) is 1. The van der Waals surface area contributed by atoms with Crippen molar-refractivity contribution in [3.63, 3.8) is 0 Å². The van der Waals surface area contributed by atoms with Crippen LogP contribution in [-0.2, 0) is 0 Å². The van der Waals surface area contributed by atoms with Crippen molar-refractivity contribution in [1.82, 2.24) is 10.2 Å². The Morgan fingerprint density at radius 1 is 1.43 bits per heavy atom. The molecule has 130 valence electrons. The summed E-state index contributed by atoms with van der Waals surface area (Å²) in [5, 5.41) is 12.6. The highest BCUT2D eigenvalue weighted by Crippen LogP contribution is 2.21. The Balaban J connectivity index is 2.74. The van der Waals surface area contributed by atoms with Gasteiger partial charge in [-0.1, -0.05) is 12.1 Å². The quantitative estimate of drug-likeness (QED) is 0.807. The molecule has 0 aliphatic heterocycles. The molecule has 0 fully saturated rings. The number of alkyl halides is 2. The molecule has 1 unspecified atom stereocenters. The van der Waals surface area contributed by atoms with E-state index in [1.165, 1.54) is 17.0 Å². The van der Waals surface area contributed by atoms with Crippen LogP contribution in [0.4, 0.5) is 13.6 Å². The van der Waals surface area contributed by atoms with Crippen LogP contribution < -0.4 is 10.1 Å². The van der Waals surface area contributed by atoms with E-state index in [0.29, 0.717) is 12.1 Å². The van der Waals surface area contributed by atoms with Crippen molar-refractivity contribution in [2.75, 3.05) is 13.1 Å². The number of rotatable bonds is 7. The maximum absolute atomic E-state index is 12.3. The highest BCUT2D eigenvalue weighted by molar-refractivity contribution is 5.74. The molecule has 1 atom stereocenters. The molecule has 7 heteroatoms. The van der Waals surface area contributed by atoms with E-state index in [-0.39, 0.29) is 24.4 Å². The molecule has 2 N–H and O–H groups in total. The van der Waals surface area contributed by atoms with E-state index >= 15 is 0 Å². The molecule has 5 nitrogen and oxygen atoms in total. The van der Waals surface area contributed by atoms with Gasteiger partial charge < -0.3 is 20.1 Å². The van der Waals surface area contributed by atoms with Crippen LogP contribution in [0.5, 0.6) is 5.75 Å². The van der Waals surface area contributed by atoms with Gasteiger partial charge in [0.15, 0.2) is 0 Å². The zero-order chi connectivity index (χ0) is 17.6. The van der Waals surface area contributed by atoms with Gasteiger partial charge in [0.25, 0.3) is 0 Å². The minimum atomic E-state index is -2.89. The Kier molecular flexibility index (Phi) is 6.75. The van der Waals surface area contributed by atoms with E-state index < -0.39 is 12.2 Å². The second kappa shape index (κ2) is 8.10. The molecule has 0 heterocycles. The smallest absolute Gasteiger partial charge is 0.387 e. The van der Waals surface area contributed by atoms with Crippen molar-refractivity contribution >= 4 is 6.03 Å². The lowest BCUT2D eigenvalue weighted by Gasteiger charge is -2.29. The molecule has 1 aromatic carbocycles. The van der Waals surface area contributed by atoms with Crippen LogP contribution in [-0.4, -0.2) is 41.3 Å². The van der Waals surface area contributed by atoms with Crippen LogP contribution in [0.1, 0.15) is 39.3 Å². The predicted octanol–water partition coefficient (Wildman–Crippen LogP) is 3.15. The van der Waals surface area contributed by atoms with Gasteiger partial charge in [-0.25, -0.2) is 4.79 Å². The van der Waals surface area contributed by atoms with Crippen LogP contribution in [0.25, 0.3) is 0 Å². The number of nitrogens with one attached hydrogen (secondary N) is 1. The van der Waals surface area contributed by atoms with Gasteiger partial charge >= 0.3 is 12.6 Å². The van der Waals surface area contributed by atoms with Crippen molar-refractivity contribution in [1.29, 1.82) is 0 Å². The lowest BCUT2D eigenvalue weighted by atomic mass is 10.1. The summed E-state index contributed by atoms with van der Waals surface area (Å²) in [6.45, 7) is 4.55. The second-order valence-electron chi connectivity index (χ2n) is 5.95. The Hall–Kier alpha value is -1.89. The molecule has 2 amide bonds. The highest BCUT2D eigenvalue weighted by Gasteiger charge is 2.22. The van der Waals surface area contributed by atoms with Crippen LogP contribution in [0.2, 0.25) is 0 Å². The number of halogens is 2. The lowest BCUT2D eigenvalue weighted by molar-refractivity contribution is -0.0499. The minimum absolute atomic E-state index is 0.0439. The number of benzene rings is 1. The molecule has 0 radical (unpaired) electrons. The Morgan fingerprint density at radius 2 is 2.09 bits per heavy atom. The molecular formula is C16H24F2N2O3. The van der Waals surface area contributed by atoms with E-state index in [1.807, 2.05) is 6.92 Å². The fourth-order valence-electron chi connectivity index (χ4n) is 2.11. The molecule has 0 spiro atoms. The summed E-state index contributed by atoms with van der Waals surface area (Å²) in [6.07, 6.45) is 0. The first-order valence-corrected chi connectivity index (χ1v) is 7.45. The van der Waals surface area contributed by atoms with E-state index in [0.717, 1.165) is 0 Å². The zero-order valence-electron chi connectivity index (χ0n) is 13.8. The van der Waals surface area contributed by atoms with Crippen LogP contribution in [0, 0.1) is 0 Å². The molecule has 1 rings (SSSR count). The lowest BCUT2D eigenvalue weighted by Crippen LogP contribution is -2.47. The number of likely N-dealkylation sites (N-methyl/N-ethyl adjacent to an activating group) is 1. The number of carbonyl (C=O) groups excluding carboxylic acids is 1. The number of hydrogen-bond donors (Lipinski definition) is 2. The van der Waals surface area contributed by atoms with Crippen molar-refractivity contribution in [2.45, 2.75) is 45.9 Å². The topological polar surface area (TPSA) is 61.8 Å². The van der Waals surface area contributed by atoms with Gasteiger partial charge in [-0.15, -0.1) is 0 Å². The van der Waals surface area contributed by atoms with Gasteiger partial charge in [0.05, 0.1) is 18.2 Å². The third-order valence-corrected chi connectivity index (χ3v) is 3.17. The number of urea groups is 1. The summed E-state index contributed by atoms with van der Waals surface area (Å²) in [5.41, 5.74) is -0.350. The molecule has 0 saturated heterocycles. The highest BCUT2D eigenvalue weighted by atomic mass is 19.3. The molecule has 0 aliphatic carbocycles. The largest absolute Gasteiger partial charge is 0.435 e. The average molecular weight is 330 g/mol. The summed E-state index contributed by atoms with van der Waals surface area (Å²) >= 11 is 0. The first-order valence-electron chi connectivity index (χ1n) is 7.45. The predicted molar refractivity (Wildman–Crippen MR) is 83.6 cm³/mol. The summed E-state index contributed by atoms with van der Waals surface area (Å²) in [4.78, 5) is 13.7. The number of nitrogens with zero attached hydrogens (tertiary/aromatic N) is 1. The summed E-state index contributed by atoms with van der Waals surface area (Å²) in [7, 11) is 0. The average Bonchev–Trinajstić information content (AvgIpc) is 2.43. The molecule has 23 heavy (non-hydrogen) atoms. The minimum Gasteiger partial charge on any atom is -0.435 e. The summed E-state index contributed by atoms with van der Waals surface area (Å²) in [6, 6.07) is 5.47. The molecule has 0 aromatic heterocycles. The standard InChI is InChI=1S/C16H24F2N2O3/c1-5-20(10-16(3,4)22)15(21)19-11(2)12-7-6-8-13(9-12)23-14(17)18/h6-9,11,14,22H,5,10H2,1-4H3,(H,19,21). The first kappa shape index (κ1) is 19.2. The Bertz CT molecular complexity index is 518. The molecule has 0 bridgehead atoms. The number of aliphatic hydroxyl groups is 1. The van der Waals surface area contributed by atoms with Crippen molar-refractivity contribution < 1.29 is 23.4 Å². The van der Waals surface area contributed by atoms with Gasteiger partial charge in [-0.05, 0) is 45.4 Å². The van der Waals surface area contributed by atoms with Crippen molar-refractivity contribution in [3.05, 3.63) is 29.8 Å². The Morgan fingerprint density at radius 3 is 2.61 bits per heavy atom. The van der Waals surface area contributed by atoms with Crippen LogP contribution in [0.3, 0.4) is 0 Å². The SMILES string of the molecule is CCN(CC(C)(C)O)C(=O)NC(C)c1cccc(OC(F)F)c1. The second-order valence-corrected chi connectivity index (χ2v) is 5.95.